The molecule has 0 saturated heterocycles. The maximum atomic E-state index is 6.08. The molecule has 0 radical (unpaired) electrons. The Morgan fingerprint density at radius 3 is 2.04 bits per heavy atom. The first kappa shape index (κ1) is 17.9. The van der Waals surface area contributed by atoms with Crippen molar-refractivity contribution in [3.8, 4) is 5.75 Å². The van der Waals surface area contributed by atoms with E-state index in [0.29, 0.717) is 0 Å². The molecule has 0 aromatic heterocycles. The normalized spacial score (nSPS) is 16.3. The Labute approximate surface area is 168 Å². The quantitative estimate of drug-likeness (QED) is 0.512. The molecule has 0 spiro atoms. The predicted octanol–water partition coefficient (Wildman–Crippen LogP) is 6.36. The van der Waals surface area contributed by atoms with Crippen LogP contribution >= 0.6 is 23.2 Å². The Morgan fingerprint density at radius 2 is 1.44 bits per heavy atom. The van der Waals surface area contributed by atoms with E-state index in [1.807, 2.05) is 60.7 Å². The van der Waals surface area contributed by atoms with Gasteiger partial charge < -0.3 is 4.74 Å². The molecular weight excluding hydrogens is 379 g/mol. The summed E-state index contributed by atoms with van der Waals surface area (Å²) >= 11 is 12.1. The van der Waals surface area contributed by atoms with Crippen LogP contribution < -0.4 is 9.75 Å². The standard InChI is InChI=1S/C22H18Cl2N2O/c1-27-20-12-10-19(11-13-20)26-22(16-4-8-18(24)9-5-16)14-21(25-26)15-2-6-17(23)7-3-15/h2-13,22H,14H2,1H3/t22-/m0/s1. The third-order valence-electron chi connectivity index (χ3n) is 4.68. The first-order chi connectivity index (χ1) is 13.1. The van der Waals surface area contributed by atoms with Crippen LogP contribution in [-0.2, 0) is 0 Å². The minimum absolute atomic E-state index is 0.0985. The third kappa shape index (κ3) is 3.80. The average Bonchev–Trinajstić information content (AvgIpc) is 3.14. The minimum atomic E-state index is 0.0985. The van der Waals surface area contributed by atoms with Crippen LogP contribution in [0.5, 0.6) is 5.75 Å². The molecule has 1 aliphatic heterocycles. The zero-order valence-corrected chi connectivity index (χ0v) is 16.3. The van der Waals surface area contributed by atoms with Crippen LogP contribution in [-0.4, -0.2) is 12.8 Å². The first-order valence-electron chi connectivity index (χ1n) is 8.66. The highest BCUT2D eigenvalue weighted by Gasteiger charge is 2.29. The van der Waals surface area contributed by atoms with Crippen LogP contribution in [0.25, 0.3) is 0 Å². The smallest absolute Gasteiger partial charge is 0.119 e. The van der Waals surface area contributed by atoms with Crippen LogP contribution in [0.4, 0.5) is 5.69 Å². The van der Waals surface area contributed by atoms with E-state index in [0.717, 1.165) is 39.2 Å². The molecule has 0 amide bonds. The summed E-state index contributed by atoms with van der Waals surface area (Å²) in [6.45, 7) is 0. The van der Waals surface area contributed by atoms with E-state index in [1.54, 1.807) is 7.11 Å². The summed E-state index contributed by atoms with van der Waals surface area (Å²) in [6, 6.07) is 23.8. The average molecular weight is 397 g/mol. The Hall–Kier alpha value is -2.49. The number of ether oxygens (including phenoxy) is 1. The summed E-state index contributed by atoms with van der Waals surface area (Å²) in [5.74, 6) is 0.822. The molecule has 1 aliphatic rings. The second-order valence-electron chi connectivity index (χ2n) is 6.37. The second-order valence-corrected chi connectivity index (χ2v) is 7.24. The fraction of sp³-hybridized carbons (Fsp3) is 0.136. The van der Waals surface area contributed by atoms with E-state index in [9.17, 15) is 0 Å². The molecule has 0 N–H and O–H groups in total. The van der Waals surface area contributed by atoms with Gasteiger partial charge in [-0.3, -0.25) is 5.01 Å². The molecular formula is C22H18Cl2N2O. The van der Waals surface area contributed by atoms with Gasteiger partial charge in [-0.15, -0.1) is 0 Å². The number of methoxy groups -OCH3 is 1. The van der Waals surface area contributed by atoms with Crippen molar-refractivity contribution < 1.29 is 4.74 Å². The van der Waals surface area contributed by atoms with Gasteiger partial charge in [0.05, 0.1) is 24.6 Å². The van der Waals surface area contributed by atoms with Crippen LogP contribution in [0.1, 0.15) is 23.6 Å². The second kappa shape index (κ2) is 7.63. The lowest BCUT2D eigenvalue weighted by atomic mass is 9.98. The van der Waals surface area contributed by atoms with Crippen LogP contribution in [0.2, 0.25) is 10.0 Å². The Bertz CT molecular complexity index is 951. The highest BCUT2D eigenvalue weighted by atomic mass is 35.5. The molecule has 4 rings (SSSR count). The van der Waals surface area contributed by atoms with Gasteiger partial charge in [-0.25, -0.2) is 0 Å². The predicted molar refractivity (Wildman–Crippen MR) is 112 cm³/mol. The number of hydrogen-bond donors (Lipinski definition) is 0. The van der Waals surface area contributed by atoms with Crippen LogP contribution in [0.3, 0.4) is 0 Å². The molecule has 3 aromatic rings. The number of hydrogen-bond acceptors (Lipinski definition) is 3. The molecule has 0 fully saturated rings. The zero-order chi connectivity index (χ0) is 18.8. The summed E-state index contributed by atoms with van der Waals surface area (Å²) in [4.78, 5) is 0. The van der Waals surface area contributed by atoms with Crippen molar-refractivity contribution in [2.24, 2.45) is 5.10 Å². The van der Waals surface area contributed by atoms with Gasteiger partial charge in [0.25, 0.3) is 0 Å². The molecule has 0 aliphatic carbocycles. The van der Waals surface area contributed by atoms with Crippen LogP contribution in [0.15, 0.2) is 77.9 Å². The molecule has 1 atom stereocenters. The Morgan fingerprint density at radius 1 is 0.852 bits per heavy atom. The molecule has 0 bridgehead atoms. The molecule has 27 heavy (non-hydrogen) atoms. The maximum absolute atomic E-state index is 6.08. The summed E-state index contributed by atoms with van der Waals surface area (Å²) in [6.07, 6.45) is 0.801. The van der Waals surface area contributed by atoms with Gasteiger partial charge >= 0.3 is 0 Å². The Balaban J connectivity index is 1.72. The van der Waals surface area contributed by atoms with Crippen molar-refractivity contribution in [3.63, 3.8) is 0 Å². The maximum Gasteiger partial charge on any atom is 0.119 e. The van der Waals surface area contributed by atoms with Crippen molar-refractivity contribution in [2.45, 2.75) is 12.5 Å². The number of anilines is 1. The molecule has 3 nitrogen and oxygen atoms in total. The summed E-state index contributed by atoms with van der Waals surface area (Å²) in [7, 11) is 1.66. The Kier molecular flexibility index (Phi) is 5.06. The van der Waals surface area contributed by atoms with E-state index in [-0.39, 0.29) is 6.04 Å². The van der Waals surface area contributed by atoms with Crippen molar-refractivity contribution >= 4 is 34.6 Å². The van der Waals surface area contributed by atoms with Crippen molar-refractivity contribution in [2.75, 3.05) is 12.1 Å². The zero-order valence-electron chi connectivity index (χ0n) is 14.8. The van der Waals surface area contributed by atoms with Gasteiger partial charge in [0.1, 0.15) is 5.75 Å². The third-order valence-corrected chi connectivity index (χ3v) is 5.18. The van der Waals surface area contributed by atoms with Crippen molar-refractivity contribution in [1.29, 1.82) is 0 Å². The molecule has 5 heteroatoms. The van der Waals surface area contributed by atoms with Crippen LogP contribution in [0, 0.1) is 0 Å². The first-order valence-corrected chi connectivity index (χ1v) is 9.42. The van der Waals surface area contributed by atoms with E-state index < -0.39 is 0 Å². The van der Waals surface area contributed by atoms with E-state index in [2.05, 4.69) is 17.1 Å². The monoisotopic (exact) mass is 396 g/mol. The lowest BCUT2D eigenvalue weighted by molar-refractivity contribution is 0.415. The highest BCUT2D eigenvalue weighted by molar-refractivity contribution is 6.31. The largest absolute Gasteiger partial charge is 0.497 e. The van der Waals surface area contributed by atoms with Gasteiger partial charge in [-0.05, 0) is 59.7 Å². The molecule has 0 saturated carbocycles. The van der Waals surface area contributed by atoms with Gasteiger partial charge in [-0.1, -0.05) is 47.5 Å². The van der Waals surface area contributed by atoms with Crippen molar-refractivity contribution in [1.82, 2.24) is 0 Å². The lowest BCUT2D eigenvalue weighted by Gasteiger charge is -2.24. The summed E-state index contributed by atoms with van der Waals surface area (Å²) in [5.41, 5.74) is 4.29. The minimum Gasteiger partial charge on any atom is -0.497 e. The number of benzene rings is 3. The lowest BCUT2D eigenvalue weighted by Crippen LogP contribution is -2.18. The van der Waals surface area contributed by atoms with Gasteiger partial charge in [-0.2, -0.15) is 5.10 Å². The van der Waals surface area contributed by atoms with Gasteiger partial charge in [0, 0.05) is 16.5 Å². The van der Waals surface area contributed by atoms with Gasteiger partial charge in [0.2, 0.25) is 0 Å². The topological polar surface area (TPSA) is 24.8 Å². The number of halogens is 2. The molecule has 0 unspecified atom stereocenters. The summed E-state index contributed by atoms with van der Waals surface area (Å²) in [5, 5.41) is 8.44. The number of hydrazone groups is 1. The number of rotatable bonds is 4. The fourth-order valence-electron chi connectivity index (χ4n) is 3.24. The van der Waals surface area contributed by atoms with E-state index >= 15 is 0 Å². The van der Waals surface area contributed by atoms with Gasteiger partial charge in [0.15, 0.2) is 0 Å². The summed E-state index contributed by atoms with van der Waals surface area (Å²) < 4.78 is 5.28. The van der Waals surface area contributed by atoms with Crippen molar-refractivity contribution in [3.05, 3.63) is 94.0 Å². The SMILES string of the molecule is COc1ccc(N2N=C(c3ccc(Cl)cc3)C[C@H]2c2ccc(Cl)cc2)cc1. The fourth-order valence-corrected chi connectivity index (χ4v) is 3.50. The highest BCUT2D eigenvalue weighted by Crippen LogP contribution is 2.37. The molecule has 3 aromatic carbocycles. The molecule has 1 heterocycles. The molecule has 136 valence electrons. The van der Waals surface area contributed by atoms with E-state index in [1.165, 1.54) is 5.56 Å². The number of nitrogens with zero attached hydrogens (tertiary/aromatic N) is 2. The van der Waals surface area contributed by atoms with E-state index in [4.69, 9.17) is 33.0 Å².